The van der Waals surface area contributed by atoms with Gasteiger partial charge in [0.2, 0.25) is 0 Å². The van der Waals surface area contributed by atoms with Gasteiger partial charge in [-0.1, -0.05) is 39.8 Å². The van der Waals surface area contributed by atoms with Crippen molar-refractivity contribution < 1.29 is 0 Å². The second-order valence-electron chi connectivity index (χ2n) is 2.84. The standard InChI is InChI=1S/C9H10N2.2C2H6/c1-6-3-4-8-5-10-11-9(8)7(6)2;2*1-2/h3-5H,1-2H3,(H,10,11);2*1-2H3. The number of hydrogen-bond donors (Lipinski definition) is 1. The molecule has 0 aliphatic heterocycles. The lowest BCUT2D eigenvalue weighted by Gasteiger charge is -1.98. The van der Waals surface area contributed by atoms with Crippen molar-refractivity contribution in [3.05, 3.63) is 29.5 Å². The van der Waals surface area contributed by atoms with E-state index in [1.165, 1.54) is 16.5 Å². The van der Waals surface area contributed by atoms with Crippen LogP contribution in [0.3, 0.4) is 0 Å². The van der Waals surface area contributed by atoms with Crippen molar-refractivity contribution in [1.82, 2.24) is 10.2 Å². The fourth-order valence-electron chi connectivity index (χ4n) is 1.26. The van der Waals surface area contributed by atoms with Gasteiger partial charge in [-0.15, -0.1) is 0 Å². The normalized spacial score (nSPS) is 8.67. The second-order valence-corrected chi connectivity index (χ2v) is 2.84. The Hall–Kier alpha value is -1.31. The van der Waals surface area contributed by atoms with Gasteiger partial charge in [0.25, 0.3) is 0 Å². The van der Waals surface area contributed by atoms with Gasteiger partial charge in [-0.2, -0.15) is 5.10 Å². The number of aryl methyl sites for hydroxylation is 2. The monoisotopic (exact) mass is 206 g/mol. The quantitative estimate of drug-likeness (QED) is 0.686. The first-order chi connectivity index (χ1) is 7.29. The highest BCUT2D eigenvalue weighted by Gasteiger charge is 1.99. The molecule has 0 saturated carbocycles. The molecule has 1 N–H and O–H groups in total. The fourth-order valence-corrected chi connectivity index (χ4v) is 1.26. The molecule has 2 rings (SSSR count). The van der Waals surface area contributed by atoms with E-state index in [9.17, 15) is 0 Å². The summed E-state index contributed by atoms with van der Waals surface area (Å²) < 4.78 is 0. The SMILES string of the molecule is CC.CC.Cc1ccc2cn[nH]c2c1C. The molecule has 2 heteroatoms. The Morgan fingerprint density at radius 3 is 2.20 bits per heavy atom. The summed E-state index contributed by atoms with van der Waals surface area (Å²) in [5, 5.41) is 8.14. The van der Waals surface area contributed by atoms with E-state index >= 15 is 0 Å². The molecule has 0 spiro atoms. The number of rotatable bonds is 0. The van der Waals surface area contributed by atoms with E-state index in [2.05, 4.69) is 36.2 Å². The number of aromatic nitrogens is 2. The largest absolute Gasteiger partial charge is 0.278 e. The van der Waals surface area contributed by atoms with Crippen molar-refractivity contribution in [2.24, 2.45) is 0 Å². The van der Waals surface area contributed by atoms with E-state index < -0.39 is 0 Å². The molecule has 0 atom stereocenters. The Labute approximate surface area is 92.7 Å². The first kappa shape index (κ1) is 13.7. The maximum atomic E-state index is 3.98. The average Bonchev–Trinajstić information content (AvgIpc) is 2.78. The van der Waals surface area contributed by atoms with Crippen LogP contribution in [0.4, 0.5) is 0 Å². The zero-order chi connectivity index (χ0) is 11.8. The molecule has 1 aromatic carbocycles. The van der Waals surface area contributed by atoms with Crippen LogP contribution in [-0.4, -0.2) is 10.2 Å². The van der Waals surface area contributed by atoms with Crippen molar-refractivity contribution in [2.75, 3.05) is 0 Å². The van der Waals surface area contributed by atoms with Gasteiger partial charge in [0.1, 0.15) is 0 Å². The van der Waals surface area contributed by atoms with Crippen molar-refractivity contribution >= 4 is 10.9 Å². The molecular weight excluding hydrogens is 184 g/mol. The van der Waals surface area contributed by atoms with Crippen LogP contribution in [0.5, 0.6) is 0 Å². The number of nitrogens with one attached hydrogen (secondary N) is 1. The van der Waals surface area contributed by atoms with E-state index in [1.54, 1.807) is 0 Å². The summed E-state index contributed by atoms with van der Waals surface area (Å²) in [6, 6.07) is 4.20. The number of hydrogen-bond acceptors (Lipinski definition) is 1. The maximum Gasteiger partial charge on any atom is 0.0682 e. The minimum absolute atomic E-state index is 1.16. The highest BCUT2D eigenvalue weighted by Crippen LogP contribution is 2.17. The minimum Gasteiger partial charge on any atom is -0.278 e. The minimum atomic E-state index is 1.16. The third kappa shape index (κ3) is 3.08. The molecule has 0 fully saturated rings. The van der Waals surface area contributed by atoms with E-state index in [4.69, 9.17) is 0 Å². The summed E-state index contributed by atoms with van der Waals surface area (Å²) in [7, 11) is 0. The van der Waals surface area contributed by atoms with Gasteiger partial charge >= 0.3 is 0 Å². The number of H-pyrrole nitrogens is 1. The van der Waals surface area contributed by atoms with Crippen LogP contribution in [0.1, 0.15) is 38.8 Å². The summed E-state index contributed by atoms with van der Waals surface area (Å²) >= 11 is 0. The first-order valence-electron chi connectivity index (χ1n) is 5.68. The van der Waals surface area contributed by atoms with Crippen LogP contribution < -0.4 is 0 Å². The highest BCUT2D eigenvalue weighted by atomic mass is 15.1. The Morgan fingerprint density at radius 1 is 1.00 bits per heavy atom. The van der Waals surface area contributed by atoms with Gasteiger partial charge in [-0.05, 0) is 25.0 Å². The molecule has 84 valence electrons. The van der Waals surface area contributed by atoms with Crippen LogP contribution in [0.15, 0.2) is 18.3 Å². The Bertz CT molecular complexity index is 388. The lowest BCUT2D eigenvalue weighted by Crippen LogP contribution is -1.81. The van der Waals surface area contributed by atoms with Gasteiger partial charge in [-0.3, -0.25) is 5.10 Å². The molecule has 0 aliphatic rings. The Kier molecular flexibility index (Phi) is 6.43. The third-order valence-corrected chi connectivity index (χ3v) is 2.15. The molecule has 0 amide bonds. The number of fused-ring (bicyclic) bond motifs is 1. The zero-order valence-corrected chi connectivity index (χ0v) is 10.7. The van der Waals surface area contributed by atoms with Gasteiger partial charge in [0, 0.05) is 5.39 Å². The van der Waals surface area contributed by atoms with Gasteiger partial charge in [-0.25, -0.2) is 0 Å². The Morgan fingerprint density at radius 2 is 1.60 bits per heavy atom. The fraction of sp³-hybridized carbons (Fsp3) is 0.462. The molecule has 0 unspecified atom stereocenters. The zero-order valence-electron chi connectivity index (χ0n) is 10.7. The number of benzene rings is 1. The van der Waals surface area contributed by atoms with Crippen LogP contribution in [0, 0.1) is 13.8 Å². The first-order valence-corrected chi connectivity index (χ1v) is 5.68. The molecule has 0 radical (unpaired) electrons. The lowest BCUT2D eigenvalue weighted by atomic mass is 10.1. The number of aromatic amines is 1. The lowest BCUT2D eigenvalue weighted by molar-refractivity contribution is 1.11. The topological polar surface area (TPSA) is 28.7 Å². The van der Waals surface area contributed by atoms with Crippen molar-refractivity contribution in [1.29, 1.82) is 0 Å². The molecule has 1 heterocycles. The molecule has 2 nitrogen and oxygen atoms in total. The molecule has 15 heavy (non-hydrogen) atoms. The summed E-state index contributed by atoms with van der Waals surface area (Å²) in [5.41, 5.74) is 3.76. The van der Waals surface area contributed by atoms with Crippen LogP contribution in [0.25, 0.3) is 10.9 Å². The number of nitrogens with zero attached hydrogens (tertiary/aromatic N) is 1. The third-order valence-electron chi connectivity index (χ3n) is 2.15. The highest BCUT2D eigenvalue weighted by molar-refractivity contribution is 5.81. The Balaban J connectivity index is 0.000000442. The van der Waals surface area contributed by atoms with Crippen LogP contribution in [0.2, 0.25) is 0 Å². The molecule has 2 aromatic rings. The van der Waals surface area contributed by atoms with E-state index in [1.807, 2.05) is 33.9 Å². The predicted molar refractivity (Wildman–Crippen MR) is 68.3 cm³/mol. The molecular formula is C13H22N2. The maximum absolute atomic E-state index is 3.98. The summed E-state index contributed by atoms with van der Waals surface area (Å²) in [5.74, 6) is 0. The van der Waals surface area contributed by atoms with Gasteiger partial charge in [0.05, 0.1) is 11.7 Å². The summed E-state index contributed by atoms with van der Waals surface area (Å²) in [6.45, 7) is 12.2. The second kappa shape index (κ2) is 7.04. The van der Waals surface area contributed by atoms with Gasteiger partial charge in [0.15, 0.2) is 0 Å². The van der Waals surface area contributed by atoms with Crippen molar-refractivity contribution in [3.8, 4) is 0 Å². The molecule has 0 aliphatic carbocycles. The smallest absolute Gasteiger partial charge is 0.0682 e. The van der Waals surface area contributed by atoms with Crippen LogP contribution >= 0.6 is 0 Å². The molecule has 0 saturated heterocycles. The van der Waals surface area contributed by atoms with E-state index in [0.29, 0.717) is 0 Å². The molecule has 1 aromatic heterocycles. The summed E-state index contributed by atoms with van der Waals surface area (Å²) in [4.78, 5) is 0. The van der Waals surface area contributed by atoms with Crippen molar-refractivity contribution in [3.63, 3.8) is 0 Å². The van der Waals surface area contributed by atoms with Crippen molar-refractivity contribution in [2.45, 2.75) is 41.5 Å². The van der Waals surface area contributed by atoms with E-state index in [-0.39, 0.29) is 0 Å². The average molecular weight is 206 g/mol. The van der Waals surface area contributed by atoms with Crippen LogP contribution in [-0.2, 0) is 0 Å². The van der Waals surface area contributed by atoms with Gasteiger partial charge < -0.3 is 0 Å². The molecule has 0 bridgehead atoms. The predicted octanol–water partition coefficient (Wildman–Crippen LogP) is 4.23. The summed E-state index contributed by atoms with van der Waals surface area (Å²) in [6.07, 6.45) is 1.85. The van der Waals surface area contributed by atoms with E-state index in [0.717, 1.165) is 5.52 Å².